The molecule has 6 nitrogen and oxygen atoms in total. The monoisotopic (exact) mass is 501 g/mol. The smallest absolute Gasteiger partial charge is 0.316 e. The van der Waals surface area contributed by atoms with Crippen molar-refractivity contribution in [2.24, 2.45) is 0 Å². The summed E-state index contributed by atoms with van der Waals surface area (Å²) in [7, 11) is 0. The van der Waals surface area contributed by atoms with E-state index in [1.165, 1.54) is 0 Å². The number of thioether (sulfide) groups is 1. The molecule has 1 unspecified atom stereocenters. The Morgan fingerprint density at radius 1 is 1.18 bits per heavy atom. The van der Waals surface area contributed by atoms with Crippen molar-refractivity contribution in [1.82, 2.24) is 5.32 Å². The van der Waals surface area contributed by atoms with Crippen LogP contribution in [0.4, 0.5) is 5.69 Å². The Morgan fingerprint density at radius 3 is 2.52 bits per heavy atom. The zero-order valence-electron chi connectivity index (χ0n) is 17.9. The topological polar surface area (TPSA) is 91.2 Å². The third-order valence-electron chi connectivity index (χ3n) is 4.85. The summed E-state index contributed by atoms with van der Waals surface area (Å²) in [4.78, 5) is 25.3. The zero-order valence-corrected chi connectivity index (χ0v) is 20.3. The lowest BCUT2D eigenvalue weighted by Gasteiger charge is -2.30. The summed E-state index contributed by atoms with van der Waals surface area (Å²) in [6.45, 7) is 3.75. The summed E-state index contributed by atoms with van der Waals surface area (Å²) < 4.78 is 4.99. The van der Waals surface area contributed by atoms with Crippen LogP contribution in [0.2, 0.25) is 10.0 Å². The second kappa shape index (κ2) is 11.3. The molecule has 2 aromatic rings. The molecule has 0 bridgehead atoms. The largest absolute Gasteiger partial charge is 0.465 e. The number of carbonyl (C=O) groups is 2. The number of rotatable bonds is 7. The van der Waals surface area contributed by atoms with E-state index in [-0.39, 0.29) is 18.3 Å². The third kappa shape index (κ3) is 5.91. The minimum Gasteiger partial charge on any atom is -0.465 e. The Hall–Kier alpha value is -2.92. The van der Waals surface area contributed by atoms with E-state index in [4.69, 9.17) is 27.9 Å². The van der Waals surface area contributed by atoms with Gasteiger partial charge in [0, 0.05) is 27.0 Å². The van der Waals surface area contributed by atoms with Gasteiger partial charge in [-0.3, -0.25) is 9.59 Å². The molecule has 3 rings (SSSR count). The van der Waals surface area contributed by atoms with Gasteiger partial charge in [-0.05, 0) is 49.7 Å². The molecule has 33 heavy (non-hydrogen) atoms. The maximum Gasteiger partial charge on any atom is 0.316 e. The highest BCUT2D eigenvalue weighted by atomic mass is 35.5. The van der Waals surface area contributed by atoms with E-state index < -0.39 is 11.9 Å². The predicted octanol–water partition coefficient (Wildman–Crippen LogP) is 5.62. The Morgan fingerprint density at radius 2 is 1.88 bits per heavy atom. The van der Waals surface area contributed by atoms with Crippen molar-refractivity contribution in [3.05, 3.63) is 86.0 Å². The molecule has 0 fully saturated rings. The van der Waals surface area contributed by atoms with Gasteiger partial charge in [0.15, 0.2) is 0 Å². The van der Waals surface area contributed by atoms with E-state index >= 15 is 0 Å². The average molecular weight is 502 g/mol. The maximum atomic E-state index is 13.4. The fourth-order valence-electron chi connectivity index (χ4n) is 3.41. The number of amides is 1. The Kier molecular flexibility index (Phi) is 8.45. The first-order valence-electron chi connectivity index (χ1n) is 10.1. The highest BCUT2D eigenvalue weighted by Gasteiger charge is 2.36. The molecule has 0 aromatic heterocycles. The minimum absolute atomic E-state index is 0.0240. The van der Waals surface area contributed by atoms with Gasteiger partial charge >= 0.3 is 5.97 Å². The lowest BCUT2D eigenvalue weighted by atomic mass is 9.82. The number of allylic oxidation sites excluding steroid dienone is 2. The Labute approximate surface area is 206 Å². The second-order valence-corrected chi connectivity index (χ2v) is 8.86. The molecule has 9 heteroatoms. The number of hydrogen-bond acceptors (Lipinski definition) is 6. The lowest BCUT2D eigenvalue weighted by molar-refractivity contribution is -0.139. The number of carbonyl (C=O) groups excluding carboxylic acids is 2. The number of nitrogens with zero attached hydrogens (tertiary/aromatic N) is 1. The first kappa shape index (κ1) is 24.7. The summed E-state index contributed by atoms with van der Waals surface area (Å²) >= 11 is 13.6. The van der Waals surface area contributed by atoms with E-state index in [2.05, 4.69) is 16.7 Å². The Bertz CT molecular complexity index is 1170. The summed E-state index contributed by atoms with van der Waals surface area (Å²) in [6.07, 6.45) is 0. The van der Waals surface area contributed by atoms with E-state index in [0.29, 0.717) is 43.2 Å². The fraction of sp³-hybridized carbons (Fsp3) is 0.208. The van der Waals surface area contributed by atoms with E-state index in [1.807, 2.05) is 0 Å². The van der Waals surface area contributed by atoms with Gasteiger partial charge < -0.3 is 15.4 Å². The molecule has 1 heterocycles. The van der Waals surface area contributed by atoms with E-state index in [0.717, 1.165) is 11.8 Å². The van der Waals surface area contributed by atoms with Gasteiger partial charge in [0.1, 0.15) is 0 Å². The normalized spacial score (nSPS) is 15.5. The van der Waals surface area contributed by atoms with Crippen LogP contribution in [0.1, 0.15) is 25.3 Å². The SMILES string of the molecule is CCOC(=O)CSC1=C(C#N)C(c2ccccc2Cl)C(C(=O)Nc2ccc(Cl)cc2)=C(C)N1. The van der Waals surface area contributed by atoms with Gasteiger partial charge in [-0.2, -0.15) is 5.26 Å². The summed E-state index contributed by atoms with van der Waals surface area (Å²) in [5.41, 5.74) is 2.38. The van der Waals surface area contributed by atoms with Crippen LogP contribution in [0, 0.1) is 11.3 Å². The summed E-state index contributed by atoms with van der Waals surface area (Å²) in [5.74, 6) is -1.47. The molecule has 1 aliphatic rings. The number of halogens is 2. The number of hydrogen-bond donors (Lipinski definition) is 2. The molecule has 0 spiro atoms. The highest BCUT2D eigenvalue weighted by molar-refractivity contribution is 8.03. The molecule has 0 aliphatic carbocycles. The van der Waals surface area contributed by atoms with Crippen molar-refractivity contribution in [3.8, 4) is 6.07 Å². The molecular formula is C24H21Cl2N3O3S. The highest BCUT2D eigenvalue weighted by Crippen LogP contribution is 2.43. The number of dihydropyridines is 1. The third-order valence-corrected chi connectivity index (χ3v) is 6.44. The van der Waals surface area contributed by atoms with Crippen LogP contribution >= 0.6 is 35.0 Å². The van der Waals surface area contributed by atoms with Crippen molar-refractivity contribution in [3.63, 3.8) is 0 Å². The predicted molar refractivity (Wildman–Crippen MR) is 132 cm³/mol. The molecule has 2 aromatic carbocycles. The molecule has 0 saturated carbocycles. The Balaban J connectivity index is 2.03. The van der Waals surface area contributed by atoms with Gasteiger partial charge in [0.05, 0.1) is 34.9 Å². The minimum atomic E-state index is -0.720. The van der Waals surface area contributed by atoms with Gasteiger partial charge in [0.2, 0.25) is 0 Å². The van der Waals surface area contributed by atoms with Crippen LogP contribution in [-0.2, 0) is 14.3 Å². The zero-order chi connectivity index (χ0) is 24.0. The molecule has 170 valence electrons. The number of esters is 1. The molecule has 1 amide bonds. The van der Waals surface area contributed by atoms with E-state index in [9.17, 15) is 14.9 Å². The molecule has 0 saturated heterocycles. The van der Waals surface area contributed by atoms with Crippen molar-refractivity contribution in [1.29, 1.82) is 5.26 Å². The second-order valence-electron chi connectivity index (χ2n) is 7.03. The number of nitriles is 1. The fourth-order valence-corrected chi connectivity index (χ4v) is 4.67. The summed E-state index contributed by atoms with van der Waals surface area (Å²) in [5, 5.41) is 17.5. The molecule has 2 N–H and O–H groups in total. The van der Waals surface area contributed by atoms with Crippen molar-refractivity contribution in [2.75, 3.05) is 17.7 Å². The first-order chi connectivity index (χ1) is 15.8. The average Bonchev–Trinajstić information content (AvgIpc) is 2.79. The van der Waals surface area contributed by atoms with Crippen LogP contribution in [0.25, 0.3) is 0 Å². The number of benzene rings is 2. The quantitative estimate of drug-likeness (QED) is 0.478. The van der Waals surface area contributed by atoms with E-state index in [1.54, 1.807) is 62.4 Å². The van der Waals surface area contributed by atoms with Crippen LogP contribution < -0.4 is 10.6 Å². The number of nitrogens with one attached hydrogen (secondary N) is 2. The van der Waals surface area contributed by atoms with Gasteiger partial charge in [-0.25, -0.2) is 0 Å². The van der Waals surface area contributed by atoms with Crippen LogP contribution in [0.15, 0.2) is 70.4 Å². The summed E-state index contributed by atoms with van der Waals surface area (Å²) in [6, 6.07) is 16.0. The standard InChI is InChI=1S/C24H21Cl2N3O3S/c1-3-32-20(30)13-33-24-18(12-27)22(17-6-4-5-7-19(17)26)21(14(2)28-24)23(31)29-16-10-8-15(25)9-11-16/h4-11,22,28H,3,13H2,1-2H3,(H,29,31). The van der Waals surface area contributed by atoms with Crippen molar-refractivity contribution < 1.29 is 14.3 Å². The van der Waals surface area contributed by atoms with Crippen molar-refractivity contribution >= 4 is 52.5 Å². The van der Waals surface area contributed by atoms with Crippen molar-refractivity contribution in [2.45, 2.75) is 19.8 Å². The number of ether oxygens (including phenoxy) is 1. The first-order valence-corrected chi connectivity index (χ1v) is 11.8. The maximum absolute atomic E-state index is 13.4. The number of anilines is 1. The molecule has 1 atom stereocenters. The van der Waals surface area contributed by atoms with Crippen LogP contribution in [-0.4, -0.2) is 24.2 Å². The van der Waals surface area contributed by atoms with Crippen LogP contribution in [0.5, 0.6) is 0 Å². The molecule has 0 radical (unpaired) electrons. The molecular weight excluding hydrogens is 481 g/mol. The van der Waals surface area contributed by atoms with Gasteiger partial charge in [-0.15, -0.1) is 0 Å². The van der Waals surface area contributed by atoms with Crippen LogP contribution in [0.3, 0.4) is 0 Å². The molecule has 1 aliphatic heterocycles. The van der Waals surface area contributed by atoms with Gasteiger partial charge in [-0.1, -0.05) is 53.2 Å². The lowest BCUT2D eigenvalue weighted by Crippen LogP contribution is -2.31. The van der Waals surface area contributed by atoms with Gasteiger partial charge in [0.25, 0.3) is 5.91 Å².